The summed E-state index contributed by atoms with van der Waals surface area (Å²) in [6.45, 7) is 1.46. The molecule has 7 nitrogen and oxygen atoms in total. The van der Waals surface area contributed by atoms with Crippen LogP contribution in [0.2, 0.25) is 0 Å². The van der Waals surface area contributed by atoms with Gasteiger partial charge in [0.05, 0.1) is 0 Å². The van der Waals surface area contributed by atoms with Crippen LogP contribution in [0, 0.1) is 0 Å². The molecule has 0 spiro atoms. The number of carbonyl (C=O) groups excluding carboxylic acids is 1. The standard InChI is InChI=1S/C28H26N2O5/c1-18(28(32)33)34-22-15-9-10-19(16-22)17-23(26(31)29-2)27-30-24(20-11-5-3-6-12-20)25(35-27)21-13-7-4-8-14-21/h3-16,18,23H,17H2,1-2H3,(H,29,31)(H,32,33). The van der Waals surface area contributed by atoms with Crippen molar-refractivity contribution in [1.82, 2.24) is 10.3 Å². The van der Waals surface area contributed by atoms with E-state index in [2.05, 4.69) is 5.32 Å². The van der Waals surface area contributed by atoms with Crippen LogP contribution in [0.5, 0.6) is 5.75 Å². The lowest BCUT2D eigenvalue weighted by Crippen LogP contribution is -2.27. The van der Waals surface area contributed by atoms with Gasteiger partial charge in [-0.3, -0.25) is 4.79 Å². The highest BCUT2D eigenvalue weighted by Gasteiger charge is 2.28. The van der Waals surface area contributed by atoms with E-state index in [0.717, 1.165) is 16.7 Å². The first-order chi connectivity index (χ1) is 17.0. The first-order valence-corrected chi connectivity index (χ1v) is 11.3. The number of ether oxygens (including phenoxy) is 1. The number of aliphatic carboxylic acids is 1. The fourth-order valence-electron chi connectivity index (χ4n) is 3.76. The summed E-state index contributed by atoms with van der Waals surface area (Å²) >= 11 is 0. The molecule has 35 heavy (non-hydrogen) atoms. The van der Waals surface area contributed by atoms with Gasteiger partial charge in [-0.05, 0) is 31.0 Å². The number of carboxylic acids is 1. The molecule has 4 aromatic rings. The molecule has 0 saturated carbocycles. The van der Waals surface area contributed by atoms with Gasteiger partial charge in [-0.25, -0.2) is 9.78 Å². The van der Waals surface area contributed by atoms with Crippen molar-refractivity contribution in [2.24, 2.45) is 0 Å². The number of benzene rings is 3. The van der Waals surface area contributed by atoms with Crippen LogP contribution in [-0.2, 0) is 16.0 Å². The lowest BCUT2D eigenvalue weighted by molar-refractivity contribution is -0.144. The molecule has 2 unspecified atom stereocenters. The number of hydrogen-bond acceptors (Lipinski definition) is 5. The van der Waals surface area contributed by atoms with Gasteiger partial charge in [-0.15, -0.1) is 0 Å². The van der Waals surface area contributed by atoms with Gasteiger partial charge in [-0.2, -0.15) is 0 Å². The van der Waals surface area contributed by atoms with Crippen LogP contribution in [0.1, 0.15) is 24.3 Å². The molecule has 1 heterocycles. The molecule has 0 aliphatic heterocycles. The predicted molar refractivity (Wildman–Crippen MR) is 132 cm³/mol. The Morgan fingerprint density at radius 1 is 0.971 bits per heavy atom. The lowest BCUT2D eigenvalue weighted by atomic mass is 9.98. The van der Waals surface area contributed by atoms with Gasteiger partial charge in [0.1, 0.15) is 17.4 Å². The number of likely N-dealkylation sites (N-methyl/N-ethyl adjacent to an activating group) is 1. The van der Waals surface area contributed by atoms with Gasteiger partial charge < -0.3 is 19.6 Å². The largest absolute Gasteiger partial charge is 0.479 e. The van der Waals surface area contributed by atoms with Gasteiger partial charge in [0.25, 0.3) is 0 Å². The van der Waals surface area contributed by atoms with Crippen molar-refractivity contribution in [2.75, 3.05) is 7.05 Å². The molecule has 0 bridgehead atoms. The third kappa shape index (κ3) is 5.58. The Labute approximate surface area is 203 Å². The van der Waals surface area contributed by atoms with E-state index in [-0.39, 0.29) is 5.91 Å². The number of nitrogens with one attached hydrogen (secondary N) is 1. The van der Waals surface area contributed by atoms with Crippen LogP contribution in [-0.4, -0.2) is 35.1 Å². The summed E-state index contributed by atoms with van der Waals surface area (Å²) in [6.07, 6.45) is -0.699. The van der Waals surface area contributed by atoms with Crippen molar-refractivity contribution in [3.8, 4) is 28.3 Å². The summed E-state index contributed by atoms with van der Waals surface area (Å²) in [5.41, 5.74) is 3.19. The van der Waals surface area contributed by atoms with E-state index in [9.17, 15) is 9.59 Å². The minimum atomic E-state index is -1.06. The molecule has 0 fully saturated rings. The lowest BCUT2D eigenvalue weighted by Gasteiger charge is -2.14. The number of rotatable bonds is 9. The molecule has 0 aliphatic carbocycles. The van der Waals surface area contributed by atoms with Crippen LogP contribution >= 0.6 is 0 Å². The topological polar surface area (TPSA) is 102 Å². The second-order valence-electron chi connectivity index (χ2n) is 8.08. The first kappa shape index (κ1) is 23.8. The second kappa shape index (κ2) is 10.7. The molecule has 1 amide bonds. The van der Waals surface area contributed by atoms with E-state index in [1.54, 1.807) is 25.2 Å². The Hall–Kier alpha value is -4.39. The average molecular weight is 471 g/mol. The highest BCUT2D eigenvalue weighted by molar-refractivity contribution is 5.84. The van der Waals surface area contributed by atoms with Gasteiger partial charge >= 0.3 is 5.97 Å². The summed E-state index contributed by atoms with van der Waals surface area (Å²) in [7, 11) is 1.57. The molecule has 7 heteroatoms. The number of nitrogens with zero attached hydrogens (tertiary/aromatic N) is 1. The van der Waals surface area contributed by atoms with E-state index in [4.69, 9.17) is 19.2 Å². The first-order valence-electron chi connectivity index (χ1n) is 11.3. The Kier molecular flexibility index (Phi) is 7.26. The minimum absolute atomic E-state index is 0.240. The molecule has 1 aromatic heterocycles. The number of carbonyl (C=O) groups is 2. The van der Waals surface area contributed by atoms with E-state index < -0.39 is 18.0 Å². The van der Waals surface area contributed by atoms with Crippen molar-refractivity contribution in [3.05, 3.63) is 96.4 Å². The fraction of sp³-hybridized carbons (Fsp3) is 0.179. The molecule has 2 atom stereocenters. The zero-order chi connectivity index (χ0) is 24.8. The maximum Gasteiger partial charge on any atom is 0.344 e. The van der Waals surface area contributed by atoms with Crippen LogP contribution in [0.25, 0.3) is 22.6 Å². The number of aromatic nitrogens is 1. The van der Waals surface area contributed by atoms with E-state index in [1.165, 1.54) is 6.92 Å². The van der Waals surface area contributed by atoms with Gasteiger partial charge in [-0.1, -0.05) is 72.8 Å². The number of carboxylic acid groups (broad SMARTS) is 1. The summed E-state index contributed by atoms with van der Waals surface area (Å²) in [5, 5.41) is 11.8. The van der Waals surface area contributed by atoms with Gasteiger partial charge in [0.15, 0.2) is 11.9 Å². The molecule has 3 aromatic carbocycles. The summed E-state index contributed by atoms with van der Waals surface area (Å²) in [4.78, 5) is 28.9. The smallest absolute Gasteiger partial charge is 0.344 e. The SMILES string of the molecule is CNC(=O)C(Cc1cccc(OC(C)C(=O)O)c1)c1nc(-c2ccccc2)c(-c2ccccc2)o1. The minimum Gasteiger partial charge on any atom is -0.479 e. The Morgan fingerprint density at radius 3 is 2.26 bits per heavy atom. The van der Waals surface area contributed by atoms with E-state index in [0.29, 0.717) is 29.5 Å². The Bertz CT molecular complexity index is 1240. The van der Waals surface area contributed by atoms with Crippen molar-refractivity contribution >= 4 is 11.9 Å². The van der Waals surface area contributed by atoms with Crippen molar-refractivity contribution in [1.29, 1.82) is 0 Å². The predicted octanol–water partition coefficient (Wildman–Crippen LogP) is 4.93. The van der Waals surface area contributed by atoms with Crippen molar-refractivity contribution in [3.63, 3.8) is 0 Å². The van der Waals surface area contributed by atoms with Gasteiger partial charge in [0, 0.05) is 18.2 Å². The molecule has 178 valence electrons. The van der Waals surface area contributed by atoms with Crippen LogP contribution < -0.4 is 10.1 Å². The third-order valence-corrected chi connectivity index (χ3v) is 5.59. The van der Waals surface area contributed by atoms with E-state index >= 15 is 0 Å². The van der Waals surface area contributed by atoms with Crippen LogP contribution in [0.3, 0.4) is 0 Å². The van der Waals surface area contributed by atoms with Gasteiger partial charge in [0.2, 0.25) is 11.8 Å². The molecule has 4 rings (SSSR count). The second-order valence-corrected chi connectivity index (χ2v) is 8.08. The zero-order valence-corrected chi connectivity index (χ0v) is 19.5. The highest BCUT2D eigenvalue weighted by Crippen LogP contribution is 2.35. The Balaban J connectivity index is 1.72. The summed E-state index contributed by atoms with van der Waals surface area (Å²) in [5.74, 6) is -0.696. The monoisotopic (exact) mass is 470 g/mol. The number of oxazole rings is 1. The molecule has 2 N–H and O–H groups in total. The number of amides is 1. The third-order valence-electron chi connectivity index (χ3n) is 5.59. The maximum atomic E-state index is 12.9. The highest BCUT2D eigenvalue weighted by atomic mass is 16.5. The quantitative estimate of drug-likeness (QED) is 0.360. The normalized spacial score (nSPS) is 12.5. The molecular weight excluding hydrogens is 444 g/mol. The Morgan fingerprint density at radius 2 is 1.63 bits per heavy atom. The molecule has 0 saturated heterocycles. The van der Waals surface area contributed by atoms with E-state index in [1.807, 2.05) is 66.7 Å². The number of hydrogen-bond donors (Lipinski definition) is 2. The van der Waals surface area contributed by atoms with Crippen LogP contribution in [0.4, 0.5) is 0 Å². The zero-order valence-electron chi connectivity index (χ0n) is 19.5. The molecule has 0 radical (unpaired) electrons. The molecule has 0 aliphatic rings. The average Bonchev–Trinajstić information content (AvgIpc) is 3.33. The van der Waals surface area contributed by atoms with Crippen molar-refractivity contribution in [2.45, 2.75) is 25.4 Å². The summed E-state index contributed by atoms with van der Waals surface area (Å²) in [6, 6.07) is 26.4. The molecular formula is C28H26N2O5. The summed E-state index contributed by atoms with van der Waals surface area (Å²) < 4.78 is 11.7. The van der Waals surface area contributed by atoms with Crippen molar-refractivity contribution < 1.29 is 23.8 Å². The van der Waals surface area contributed by atoms with Crippen LogP contribution in [0.15, 0.2) is 89.3 Å². The fourth-order valence-corrected chi connectivity index (χ4v) is 3.76. The maximum absolute atomic E-state index is 12.9.